The molecule has 0 radical (unpaired) electrons. The molecule has 3 heterocycles. The maximum Gasteiger partial charge on any atom is 0.247 e. The van der Waals surface area contributed by atoms with E-state index in [1.807, 2.05) is 30.4 Å². The molecule has 1 aliphatic rings. The second-order valence-electron chi connectivity index (χ2n) is 7.74. The number of aromatic nitrogens is 4. The highest BCUT2D eigenvalue weighted by Crippen LogP contribution is 2.35. The van der Waals surface area contributed by atoms with E-state index in [1.54, 1.807) is 12.2 Å². The summed E-state index contributed by atoms with van der Waals surface area (Å²) in [4.78, 5) is 14.8. The Labute approximate surface area is 165 Å². The Kier molecular flexibility index (Phi) is 5.75. The van der Waals surface area contributed by atoms with Crippen molar-refractivity contribution in [3.63, 3.8) is 0 Å². The molecule has 27 heavy (non-hydrogen) atoms. The van der Waals surface area contributed by atoms with Crippen LogP contribution in [0.15, 0.2) is 6.08 Å². The van der Waals surface area contributed by atoms with Crippen molar-refractivity contribution in [1.29, 1.82) is 0 Å². The predicted octanol–water partition coefficient (Wildman–Crippen LogP) is 4.22. The van der Waals surface area contributed by atoms with Crippen molar-refractivity contribution >= 4 is 23.6 Å². The molecule has 0 aromatic carbocycles. The van der Waals surface area contributed by atoms with Crippen molar-refractivity contribution in [1.82, 2.24) is 24.9 Å². The SMILES string of the molecule is Cc1nn(CC(C)C)c(Cl)c1/C=C/C(=O)N1CCCC1c1c(C)n[nH]c1C. The smallest absolute Gasteiger partial charge is 0.247 e. The number of nitrogens with one attached hydrogen (secondary N) is 1. The van der Waals surface area contributed by atoms with E-state index < -0.39 is 0 Å². The maximum atomic E-state index is 12.9. The van der Waals surface area contributed by atoms with E-state index in [4.69, 9.17) is 11.6 Å². The minimum absolute atomic E-state index is 0.00424. The number of halogens is 1. The number of rotatable bonds is 5. The molecule has 1 N–H and O–H groups in total. The van der Waals surface area contributed by atoms with Gasteiger partial charge in [0.05, 0.1) is 17.4 Å². The standard InChI is InChI=1S/C20H28ClN5O/c1-12(2)11-26-20(21)16(13(3)24-26)8-9-18(27)25-10-6-7-17(25)19-14(4)22-23-15(19)5/h8-9,12,17H,6-7,10-11H2,1-5H3,(H,22,23)/b9-8+. The minimum Gasteiger partial charge on any atom is -0.332 e. The van der Waals surface area contributed by atoms with Crippen molar-refractivity contribution < 1.29 is 4.79 Å². The van der Waals surface area contributed by atoms with Crippen molar-refractivity contribution in [2.75, 3.05) is 6.54 Å². The summed E-state index contributed by atoms with van der Waals surface area (Å²) >= 11 is 6.48. The number of aromatic amines is 1. The summed E-state index contributed by atoms with van der Waals surface area (Å²) in [6, 6.07) is 0.0844. The zero-order valence-corrected chi connectivity index (χ0v) is 17.5. The molecule has 0 aliphatic carbocycles. The van der Waals surface area contributed by atoms with E-state index >= 15 is 0 Å². The van der Waals surface area contributed by atoms with Gasteiger partial charge in [-0.25, -0.2) is 0 Å². The van der Waals surface area contributed by atoms with Crippen molar-refractivity contribution in [3.8, 4) is 0 Å². The number of hydrogen-bond donors (Lipinski definition) is 1. The van der Waals surface area contributed by atoms with Crippen LogP contribution in [0.3, 0.4) is 0 Å². The van der Waals surface area contributed by atoms with Gasteiger partial charge in [-0.05, 0) is 45.6 Å². The Morgan fingerprint density at radius 1 is 1.33 bits per heavy atom. The first kappa shape index (κ1) is 19.7. The summed E-state index contributed by atoms with van der Waals surface area (Å²) in [5, 5.41) is 12.4. The number of nitrogens with zero attached hydrogens (tertiary/aromatic N) is 4. The van der Waals surface area contributed by atoms with Gasteiger partial charge < -0.3 is 4.90 Å². The molecule has 1 amide bonds. The molecule has 1 atom stereocenters. The van der Waals surface area contributed by atoms with Gasteiger partial charge in [0.15, 0.2) is 0 Å². The summed E-state index contributed by atoms with van der Waals surface area (Å²) < 4.78 is 1.81. The Morgan fingerprint density at radius 3 is 2.70 bits per heavy atom. The molecule has 2 aromatic heterocycles. The largest absolute Gasteiger partial charge is 0.332 e. The zero-order chi connectivity index (χ0) is 19.7. The molecular weight excluding hydrogens is 362 g/mol. The molecule has 6 nitrogen and oxygen atoms in total. The van der Waals surface area contributed by atoms with Crippen LogP contribution in [0.5, 0.6) is 0 Å². The Bertz CT molecular complexity index is 845. The van der Waals surface area contributed by atoms with Crippen LogP contribution in [0.25, 0.3) is 6.08 Å². The third-order valence-corrected chi connectivity index (χ3v) is 5.49. The summed E-state index contributed by atoms with van der Waals surface area (Å²) in [5.74, 6) is 0.455. The van der Waals surface area contributed by atoms with Crippen molar-refractivity contribution in [2.24, 2.45) is 5.92 Å². The average molecular weight is 390 g/mol. The molecule has 7 heteroatoms. The van der Waals surface area contributed by atoms with Gasteiger partial charge in [0.1, 0.15) is 5.15 Å². The van der Waals surface area contributed by atoms with Gasteiger partial charge in [0.25, 0.3) is 0 Å². The van der Waals surface area contributed by atoms with E-state index in [0.717, 1.165) is 54.1 Å². The fraction of sp³-hybridized carbons (Fsp3) is 0.550. The van der Waals surface area contributed by atoms with Gasteiger partial charge in [-0.15, -0.1) is 0 Å². The van der Waals surface area contributed by atoms with Crippen LogP contribution in [0, 0.1) is 26.7 Å². The van der Waals surface area contributed by atoms with Crippen LogP contribution in [0.4, 0.5) is 0 Å². The van der Waals surface area contributed by atoms with Gasteiger partial charge in [0, 0.05) is 36.0 Å². The number of hydrogen-bond acceptors (Lipinski definition) is 3. The fourth-order valence-corrected chi connectivity index (χ4v) is 4.16. The van der Waals surface area contributed by atoms with E-state index in [-0.39, 0.29) is 11.9 Å². The average Bonchev–Trinajstić information content (AvgIpc) is 3.25. The monoisotopic (exact) mass is 389 g/mol. The van der Waals surface area contributed by atoms with Gasteiger partial charge in [-0.1, -0.05) is 25.4 Å². The molecule has 1 unspecified atom stereocenters. The quantitative estimate of drug-likeness (QED) is 0.778. The van der Waals surface area contributed by atoms with Crippen LogP contribution < -0.4 is 0 Å². The number of amides is 1. The maximum absolute atomic E-state index is 12.9. The first-order chi connectivity index (χ1) is 12.8. The fourth-order valence-electron chi connectivity index (χ4n) is 3.85. The summed E-state index contributed by atoms with van der Waals surface area (Å²) in [7, 11) is 0. The molecule has 3 rings (SSSR count). The highest BCUT2D eigenvalue weighted by Gasteiger charge is 2.32. The lowest BCUT2D eigenvalue weighted by atomic mass is 10.0. The van der Waals surface area contributed by atoms with E-state index in [2.05, 4.69) is 29.1 Å². The molecule has 0 spiro atoms. The second-order valence-corrected chi connectivity index (χ2v) is 8.09. The molecule has 1 aliphatic heterocycles. The second kappa shape index (κ2) is 7.89. The molecular formula is C20H28ClN5O. The molecule has 146 valence electrons. The van der Waals surface area contributed by atoms with Crippen molar-refractivity contribution in [2.45, 2.75) is 60.0 Å². The lowest BCUT2D eigenvalue weighted by Gasteiger charge is -2.24. The minimum atomic E-state index is 0.00424. The normalized spacial score (nSPS) is 17.6. The molecule has 0 bridgehead atoms. The van der Waals surface area contributed by atoms with Crippen LogP contribution in [0.2, 0.25) is 5.15 Å². The number of carbonyl (C=O) groups is 1. The number of H-pyrrole nitrogens is 1. The third-order valence-electron chi connectivity index (χ3n) is 5.09. The Morgan fingerprint density at radius 2 is 2.07 bits per heavy atom. The molecule has 2 aromatic rings. The van der Waals surface area contributed by atoms with Crippen LogP contribution in [-0.4, -0.2) is 37.3 Å². The predicted molar refractivity (Wildman–Crippen MR) is 108 cm³/mol. The topological polar surface area (TPSA) is 66.8 Å². The van der Waals surface area contributed by atoms with Crippen molar-refractivity contribution in [3.05, 3.63) is 39.4 Å². The molecule has 1 fully saturated rings. The zero-order valence-electron chi connectivity index (χ0n) is 16.7. The summed E-state index contributed by atoms with van der Waals surface area (Å²) in [5.41, 5.74) is 4.81. The van der Waals surface area contributed by atoms with E-state index in [1.165, 1.54) is 0 Å². The van der Waals surface area contributed by atoms with Gasteiger partial charge in [-0.2, -0.15) is 10.2 Å². The van der Waals surface area contributed by atoms with Crippen LogP contribution in [0.1, 0.15) is 60.9 Å². The lowest BCUT2D eigenvalue weighted by molar-refractivity contribution is -0.126. The van der Waals surface area contributed by atoms with Crippen LogP contribution >= 0.6 is 11.6 Å². The molecule has 0 saturated carbocycles. The van der Waals surface area contributed by atoms with E-state index in [0.29, 0.717) is 11.1 Å². The number of carbonyl (C=O) groups excluding carboxylic acids is 1. The van der Waals surface area contributed by atoms with Gasteiger partial charge in [0.2, 0.25) is 5.91 Å². The summed E-state index contributed by atoms with van der Waals surface area (Å²) in [6.07, 6.45) is 5.39. The Balaban J connectivity index is 1.80. The first-order valence-corrected chi connectivity index (χ1v) is 9.90. The number of aryl methyl sites for hydroxylation is 3. The van der Waals surface area contributed by atoms with E-state index in [9.17, 15) is 4.79 Å². The molecule has 1 saturated heterocycles. The lowest BCUT2D eigenvalue weighted by Crippen LogP contribution is -2.29. The van der Waals surface area contributed by atoms with Gasteiger partial charge >= 0.3 is 0 Å². The highest BCUT2D eigenvalue weighted by molar-refractivity contribution is 6.31. The number of likely N-dealkylation sites (tertiary alicyclic amines) is 1. The Hall–Kier alpha value is -2.08. The highest BCUT2D eigenvalue weighted by atomic mass is 35.5. The van der Waals surface area contributed by atoms with Gasteiger partial charge in [-0.3, -0.25) is 14.6 Å². The first-order valence-electron chi connectivity index (χ1n) is 9.52. The summed E-state index contributed by atoms with van der Waals surface area (Å²) in [6.45, 7) is 11.7. The third kappa shape index (κ3) is 3.95. The van der Waals surface area contributed by atoms with Crippen LogP contribution in [-0.2, 0) is 11.3 Å².